The van der Waals surface area contributed by atoms with Crippen LogP contribution >= 0.6 is 0 Å². The van der Waals surface area contributed by atoms with Gasteiger partial charge in [-0.3, -0.25) is 19.1 Å². The van der Waals surface area contributed by atoms with E-state index in [1.165, 1.54) is 21.7 Å². The first-order chi connectivity index (χ1) is 15.6. The number of nitrogens with zero attached hydrogens (tertiary/aromatic N) is 3. The van der Waals surface area contributed by atoms with Gasteiger partial charge in [0.05, 0.1) is 22.9 Å². The van der Waals surface area contributed by atoms with E-state index in [4.69, 9.17) is 0 Å². The number of aromatic nitrogens is 2. The monoisotopic (exact) mass is 458 g/mol. The summed E-state index contributed by atoms with van der Waals surface area (Å²) in [6.07, 6.45) is -4.71. The molecule has 0 saturated carbocycles. The second kappa shape index (κ2) is 8.27. The van der Waals surface area contributed by atoms with Crippen LogP contribution in [0, 0.1) is 12.8 Å². The molecule has 7 nitrogen and oxygen atoms in total. The second-order valence-electron chi connectivity index (χ2n) is 7.88. The Balaban J connectivity index is 1.55. The predicted octanol–water partition coefficient (Wildman–Crippen LogP) is 3.49. The van der Waals surface area contributed by atoms with E-state index in [0.717, 1.165) is 12.1 Å². The van der Waals surface area contributed by atoms with Gasteiger partial charge in [-0.05, 0) is 37.3 Å². The smallest absolute Gasteiger partial charge is 0.320 e. The molecule has 1 unspecified atom stereocenters. The molecule has 3 aromatic rings. The number of rotatable bonds is 4. The van der Waals surface area contributed by atoms with E-state index in [0.29, 0.717) is 11.4 Å². The molecule has 2 aromatic carbocycles. The van der Waals surface area contributed by atoms with Gasteiger partial charge in [0.1, 0.15) is 5.69 Å². The number of carbonyl (C=O) groups excluding carboxylic acids is 2. The molecule has 1 aliphatic rings. The molecular formula is C23H21F3N4O3. The number of carbonyl (C=O) groups is 2. The van der Waals surface area contributed by atoms with Crippen LogP contribution in [0.1, 0.15) is 17.7 Å². The van der Waals surface area contributed by atoms with E-state index >= 15 is 0 Å². The molecule has 2 heterocycles. The molecule has 10 heteroatoms. The number of alkyl halides is 3. The maximum absolute atomic E-state index is 13.0. The maximum atomic E-state index is 13.0. The minimum absolute atomic E-state index is 0.0763. The number of nitrogens with one attached hydrogen (secondary N) is 1. The molecule has 1 N–H and O–H groups in total. The lowest BCUT2D eigenvalue weighted by molar-refractivity contribution is -0.137. The molecule has 172 valence electrons. The van der Waals surface area contributed by atoms with Gasteiger partial charge >= 0.3 is 6.18 Å². The third-order valence-electron chi connectivity index (χ3n) is 5.78. The van der Waals surface area contributed by atoms with Crippen molar-refractivity contribution in [2.45, 2.75) is 19.5 Å². The summed E-state index contributed by atoms with van der Waals surface area (Å²) >= 11 is 0. The zero-order valence-electron chi connectivity index (χ0n) is 17.9. The lowest BCUT2D eigenvalue weighted by atomic mass is 10.1. The first-order valence-corrected chi connectivity index (χ1v) is 10.2. The van der Waals surface area contributed by atoms with E-state index in [9.17, 15) is 27.6 Å². The molecule has 0 spiro atoms. The van der Waals surface area contributed by atoms with E-state index < -0.39 is 35.0 Å². The second-order valence-corrected chi connectivity index (χ2v) is 7.88. The zero-order valence-corrected chi connectivity index (χ0v) is 17.9. The maximum Gasteiger partial charge on any atom is 0.416 e. The van der Waals surface area contributed by atoms with Gasteiger partial charge in [-0.2, -0.15) is 13.2 Å². The molecule has 1 saturated heterocycles. The molecule has 4 rings (SSSR count). The Labute approximate surface area is 187 Å². The first-order valence-electron chi connectivity index (χ1n) is 10.2. The van der Waals surface area contributed by atoms with Crippen molar-refractivity contribution >= 4 is 23.2 Å². The van der Waals surface area contributed by atoms with Crippen molar-refractivity contribution in [2.24, 2.45) is 13.0 Å². The van der Waals surface area contributed by atoms with Crippen molar-refractivity contribution in [1.29, 1.82) is 0 Å². The van der Waals surface area contributed by atoms with E-state index in [-0.39, 0.29) is 24.3 Å². The molecular weight excluding hydrogens is 437 g/mol. The van der Waals surface area contributed by atoms with Crippen LogP contribution in [0.15, 0.2) is 59.4 Å². The SMILES string of the molecule is Cc1c(NC(=O)C2CC(=O)N(c3cccc(C(F)(F)F)c3)C2)c(=O)n(-c2ccccc2)n1C. The highest BCUT2D eigenvalue weighted by molar-refractivity contribution is 6.03. The minimum Gasteiger partial charge on any atom is -0.320 e. The Morgan fingerprint density at radius 3 is 2.36 bits per heavy atom. The van der Waals surface area contributed by atoms with Crippen LogP contribution in [0.2, 0.25) is 0 Å². The van der Waals surface area contributed by atoms with Gasteiger partial charge in [-0.1, -0.05) is 24.3 Å². The Kier molecular flexibility index (Phi) is 5.61. The Morgan fingerprint density at radius 2 is 1.70 bits per heavy atom. The Morgan fingerprint density at radius 1 is 1.03 bits per heavy atom. The number of amides is 2. The normalized spacial score (nSPS) is 16.3. The molecule has 1 aromatic heterocycles. The van der Waals surface area contributed by atoms with E-state index in [2.05, 4.69) is 5.32 Å². The van der Waals surface area contributed by atoms with Crippen molar-refractivity contribution in [1.82, 2.24) is 9.36 Å². The molecule has 1 aliphatic heterocycles. The summed E-state index contributed by atoms with van der Waals surface area (Å²) in [6.45, 7) is 1.61. The summed E-state index contributed by atoms with van der Waals surface area (Å²) in [5.41, 5.74) is 0.0241. The van der Waals surface area contributed by atoms with Gasteiger partial charge < -0.3 is 10.2 Å². The van der Waals surface area contributed by atoms with Gasteiger partial charge in [-0.15, -0.1) is 0 Å². The number of anilines is 2. The number of hydrogen-bond donors (Lipinski definition) is 1. The fraction of sp³-hybridized carbons (Fsp3) is 0.261. The van der Waals surface area contributed by atoms with Crippen molar-refractivity contribution in [3.63, 3.8) is 0 Å². The van der Waals surface area contributed by atoms with Crippen molar-refractivity contribution in [2.75, 3.05) is 16.8 Å². The zero-order chi connectivity index (χ0) is 23.9. The molecule has 0 radical (unpaired) electrons. The van der Waals surface area contributed by atoms with Crippen LogP contribution < -0.4 is 15.8 Å². The van der Waals surface area contributed by atoms with Crippen LogP contribution in [0.25, 0.3) is 5.69 Å². The topological polar surface area (TPSA) is 76.3 Å². The molecule has 1 fully saturated rings. The Hall–Kier alpha value is -3.82. The summed E-state index contributed by atoms with van der Waals surface area (Å²) < 4.78 is 42.1. The van der Waals surface area contributed by atoms with Gasteiger partial charge in [0, 0.05) is 25.7 Å². The molecule has 0 bridgehead atoms. The van der Waals surface area contributed by atoms with Crippen molar-refractivity contribution in [3.8, 4) is 5.69 Å². The predicted molar refractivity (Wildman–Crippen MR) is 116 cm³/mol. The third-order valence-corrected chi connectivity index (χ3v) is 5.78. The third kappa shape index (κ3) is 4.15. The van der Waals surface area contributed by atoms with Crippen LogP contribution in [0.3, 0.4) is 0 Å². The number of benzene rings is 2. The number of para-hydroxylation sites is 1. The lowest BCUT2D eigenvalue weighted by Crippen LogP contribution is -2.30. The van der Waals surface area contributed by atoms with Gasteiger partial charge in [0.2, 0.25) is 11.8 Å². The van der Waals surface area contributed by atoms with E-state index in [1.807, 2.05) is 6.07 Å². The number of hydrogen-bond acceptors (Lipinski definition) is 3. The molecule has 1 atom stereocenters. The van der Waals surface area contributed by atoms with Gasteiger partial charge in [0.15, 0.2) is 0 Å². The summed E-state index contributed by atoms with van der Waals surface area (Å²) in [6, 6.07) is 13.3. The summed E-state index contributed by atoms with van der Waals surface area (Å²) in [4.78, 5) is 39.5. The summed E-state index contributed by atoms with van der Waals surface area (Å²) in [7, 11) is 1.69. The van der Waals surface area contributed by atoms with Gasteiger partial charge in [-0.25, -0.2) is 4.68 Å². The van der Waals surface area contributed by atoms with Gasteiger partial charge in [0.25, 0.3) is 5.56 Å². The quantitative estimate of drug-likeness (QED) is 0.650. The average molecular weight is 458 g/mol. The average Bonchev–Trinajstić information content (AvgIpc) is 3.27. The highest BCUT2D eigenvalue weighted by Gasteiger charge is 2.37. The van der Waals surface area contributed by atoms with Crippen LogP contribution in [0.4, 0.5) is 24.5 Å². The molecule has 0 aliphatic carbocycles. The van der Waals surface area contributed by atoms with E-state index in [1.54, 1.807) is 42.9 Å². The highest BCUT2D eigenvalue weighted by atomic mass is 19.4. The molecule has 33 heavy (non-hydrogen) atoms. The first kappa shape index (κ1) is 22.4. The standard InChI is InChI=1S/C23H21F3N4O3/c1-14-20(22(33)30(28(14)2)17-8-4-3-5-9-17)27-21(32)15-11-19(31)29(13-15)18-10-6-7-16(12-18)23(24,25)26/h3-10,12,15H,11,13H2,1-2H3,(H,27,32). The highest BCUT2D eigenvalue weighted by Crippen LogP contribution is 2.33. The lowest BCUT2D eigenvalue weighted by Gasteiger charge is -2.18. The summed E-state index contributed by atoms with van der Waals surface area (Å²) in [5.74, 6) is -1.80. The van der Waals surface area contributed by atoms with Crippen molar-refractivity contribution in [3.05, 3.63) is 76.2 Å². The van der Waals surface area contributed by atoms with Crippen LogP contribution in [-0.2, 0) is 22.8 Å². The summed E-state index contributed by atoms with van der Waals surface area (Å²) in [5, 5.41) is 2.63. The molecule has 2 amide bonds. The largest absolute Gasteiger partial charge is 0.416 e. The number of halogens is 3. The van der Waals surface area contributed by atoms with Crippen LogP contribution in [0.5, 0.6) is 0 Å². The Bertz CT molecular complexity index is 1280. The fourth-order valence-corrected chi connectivity index (χ4v) is 3.92. The minimum atomic E-state index is -4.54. The van der Waals surface area contributed by atoms with Crippen molar-refractivity contribution < 1.29 is 22.8 Å². The fourth-order valence-electron chi connectivity index (χ4n) is 3.92. The van der Waals surface area contributed by atoms with Crippen LogP contribution in [-0.4, -0.2) is 27.7 Å².